The van der Waals surface area contributed by atoms with Gasteiger partial charge in [0.15, 0.2) is 0 Å². The van der Waals surface area contributed by atoms with Gasteiger partial charge in [-0.25, -0.2) is 0 Å². The summed E-state index contributed by atoms with van der Waals surface area (Å²) in [5, 5.41) is 3.64. The lowest BCUT2D eigenvalue weighted by Gasteiger charge is -2.24. The van der Waals surface area contributed by atoms with Crippen molar-refractivity contribution in [1.29, 1.82) is 0 Å². The van der Waals surface area contributed by atoms with E-state index in [1.165, 1.54) is 18.4 Å². The van der Waals surface area contributed by atoms with Crippen LogP contribution in [-0.2, 0) is 4.79 Å². The van der Waals surface area contributed by atoms with Crippen LogP contribution in [0.1, 0.15) is 37.1 Å². The molecule has 0 radical (unpaired) electrons. The molecule has 4 heteroatoms. The first kappa shape index (κ1) is 15.4. The summed E-state index contributed by atoms with van der Waals surface area (Å²) < 4.78 is 0. The molecule has 1 aromatic rings. The molecule has 0 aliphatic carbocycles. The molecule has 1 heterocycles. The SMILES string of the molecule is CCCCNCCCN1C(=O)CSC1c1ccccc1. The normalized spacial score (nSPS) is 18.8. The molecule has 1 N–H and O–H groups in total. The quantitative estimate of drug-likeness (QED) is 0.748. The second kappa shape index (κ2) is 8.32. The maximum absolute atomic E-state index is 12.0. The van der Waals surface area contributed by atoms with E-state index in [0.717, 1.165) is 26.1 Å². The van der Waals surface area contributed by atoms with Crippen LogP contribution in [-0.4, -0.2) is 36.2 Å². The summed E-state index contributed by atoms with van der Waals surface area (Å²) >= 11 is 1.74. The largest absolute Gasteiger partial charge is 0.326 e. The molecule has 1 aromatic carbocycles. The van der Waals surface area contributed by atoms with Crippen molar-refractivity contribution in [3.63, 3.8) is 0 Å². The number of hydrogen-bond acceptors (Lipinski definition) is 3. The zero-order valence-corrected chi connectivity index (χ0v) is 13.0. The molecular weight excluding hydrogens is 268 g/mol. The van der Waals surface area contributed by atoms with Crippen molar-refractivity contribution in [2.24, 2.45) is 0 Å². The predicted molar refractivity (Wildman–Crippen MR) is 85.7 cm³/mol. The van der Waals surface area contributed by atoms with Gasteiger partial charge in [-0.3, -0.25) is 4.79 Å². The number of carbonyl (C=O) groups is 1. The van der Waals surface area contributed by atoms with E-state index < -0.39 is 0 Å². The number of nitrogens with one attached hydrogen (secondary N) is 1. The molecular formula is C16H24N2OS. The number of thioether (sulfide) groups is 1. The van der Waals surface area contributed by atoms with Gasteiger partial charge in [0.2, 0.25) is 5.91 Å². The molecule has 1 fully saturated rings. The first-order valence-corrected chi connectivity index (χ1v) is 8.54. The first-order valence-electron chi connectivity index (χ1n) is 7.49. The van der Waals surface area contributed by atoms with E-state index in [-0.39, 0.29) is 11.3 Å². The fraction of sp³-hybridized carbons (Fsp3) is 0.562. The molecule has 1 aliphatic heterocycles. The molecule has 0 spiro atoms. The van der Waals surface area contributed by atoms with Crippen LogP contribution in [0.5, 0.6) is 0 Å². The van der Waals surface area contributed by atoms with Crippen molar-refractivity contribution in [3.8, 4) is 0 Å². The van der Waals surface area contributed by atoms with Gasteiger partial charge < -0.3 is 10.2 Å². The molecule has 0 bridgehead atoms. The summed E-state index contributed by atoms with van der Waals surface area (Å²) in [6, 6.07) is 10.3. The summed E-state index contributed by atoms with van der Waals surface area (Å²) in [6.07, 6.45) is 3.48. The highest BCUT2D eigenvalue weighted by Gasteiger charge is 2.31. The molecule has 1 aliphatic rings. The lowest BCUT2D eigenvalue weighted by Crippen LogP contribution is -2.31. The number of nitrogens with zero attached hydrogens (tertiary/aromatic N) is 1. The van der Waals surface area contributed by atoms with Gasteiger partial charge in [-0.05, 0) is 31.5 Å². The summed E-state index contributed by atoms with van der Waals surface area (Å²) in [5.74, 6) is 0.889. The molecule has 0 saturated carbocycles. The predicted octanol–water partition coefficient (Wildman–Crippen LogP) is 3.04. The van der Waals surface area contributed by atoms with Crippen molar-refractivity contribution in [2.75, 3.05) is 25.4 Å². The van der Waals surface area contributed by atoms with Gasteiger partial charge in [0, 0.05) is 6.54 Å². The number of benzene rings is 1. The van der Waals surface area contributed by atoms with Gasteiger partial charge in [-0.15, -0.1) is 11.8 Å². The second-order valence-electron chi connectivity index (χ2n) is 5.12. The van der Waals surface area contributed by atoms with E-state index in [9.17, 15) is 4.79 Å². The molecule has 1 amide bonds. The Morgan fingerprint density at radius 2 is 2.00 bits per heavy atom. The average molecular weight is 292 g/mol. The minimum Gasteiger partial charge on any atom is -0.326 e. The average Bonchev–Trinajstić information content (AvgIpc) is 2.85. The van der Waals surface area contributed by atoms with Crippen LogP contribution < -0.4 is 5.32 Å². The van der Waals surface area contributed by atoms with Crippen LogP contribution >= 0.6 is 11.8 Å². The van der Waals surface area contributed by atoms with Gasteiger partial charge in [-0.2, -0.15) is 0 Å². The van der Waals surface area contributed by atoms with E-state index in [2.05, 4.69) is 24.4 Å². The smallest absolute Gasteiger partial charge is 0.233 e. The fourth-order valence-electron chi connectivity index (χ4n) is 2.39. The molecule has 1 atom stereocenters. The summed E-state index contributed by atoms with van der Waals surface area (Å²) in [6.45, 7) is 5.13. The number of carbonyl (C=O) groups excluding carboxylic acids is 1. The van der Waals surface area contributed by atoms with Crippen LogP contribution in [0, 0.1) is 0 Å². The summed E-state index contributed by atoms with van der Waals surface area (Å²) in [7, 11) is 0. The van der Waals surface area contributed by atoms with E-state index in [1.54, 1.807) is 11.8 Å². The zero-order valence-electron chi connectivity index (χ0n) is 12.2. The monoisotopic (exact) mass is 292 g/mol. The van der Waals surface area contributed by atoms with E-state index in [0.29, 0.717) is 5.75 Å². The first-order chi connectivity index (χ1) is 9.83. The maximum Gasteiger partial charge on any atom is 0.233 e. The highest BCUT2D eigenvalue weighted by atomic mass is 32.2. The van der Waals surface area contributed by atoms with Crippen LogP contribution in [0.4, 0.5) is 0 Å². The third kappa shape index (κ3) is 4.25. The van der Waals surface area contributed by atoms with Crippen molar-refractivity contribution in [3.05, 3.63) is 35.9 Å². The van der Waals surface area contributed by atoms with Crippen molar-refractivity contribution in [2.45, 2.75) is 31.6 Å². The Bertz CT molecular complexity index is 410. The standard InChI is InChI=1S/C16H24N2OS/c1-2-3-10-17-11-7-12-18-15(19)13-20-16(18)14-8-5-4-6-9-14/h4-6,8-9,16-17H,2-3,7,10-13H2,1H3. The Kier molecular flexibility index (Phi) is 6.40. The van der Waals surface area contributed by atoms with Gasteiger partial charge in [0.25, 0.3) is 0 Å². The Morgan fingerprint density at radius 1 is 1.25 bits per heavy atom. The molecule has 0 aromatic heterocycles. The molecule has 1 saturated heterocycles. The third-order valence-electron chi connectivity index (χ3n) is 3.51. The third-order valence-corrected chi connectivity index (χ3v) is 4.77. The lowest BCUT2D eigenvalue weighted by molar-refractivity contribution is -0.128. The van der Waals surface area contributed by atoms with E-state index >= 15 is 0 Å². The van der Waals surface area contributed by atoms with Crippen LogP contribution in [0.25, 0.3) is 0 Å². The topological polar surface area (TPSA) is 32.3 Å². The van der Waals surface area contributed by atoms with Crippen LogP contribution in [0.2, 0.25) is 0 Å². The highest BCUT2D eigenvalue weighted by Crippen LogP contribution is 2.38. The molecule has 3 nitrogen and oxygen atoms in total. The highest BCUT2D eigenvalue weighted by molar-refractivity contribution is 8.00. The number of unbranched alkanes of at least 4 members (excludes halogenated alkanes) is 1. The Morgan fingerprint density at radius 3 is 2.75 bits per heavy atom. The van der Waals surface area contributed by atoms with Gasteiger partial charge in [0.1, 0.15) is 5.37 Å². The lowest BCUT2D eigenvalue weighted by atomic mass is 10.2. The summed E-state index contributed by atoms with van der Waals surface area (Å²) in [4.78, 5) is 14.0. The molecule has 20 heavy (non-hydrogen) atoms. The molecule has 1 unspecified atom stereocenters. The van der Waals surface area contributed by atoms with Gasteiger partial charge >= 0.3 is 0 Å². The Balaban J connectivity index is 1.80. The van der Waals surface area contributed by atoms with E-state index in [1.807, 2.05) is 23.1 Å². The zero-order chi connectivity index (χ0) is 14.2. The van der Waals surface area contributed by atoms with Crippen molar-refractivity contribution < 1.29 is 4.79 Å². The minimum atomic E-state index is 0.208. The van der Waals surface area contributed by atoms with Gasteiger partial charge in [-0.1, -0.05) is 43.7 Å². The number of rotatable bonds is 8. The molecule has 110 valence electrons. The van der Waals surface area contributed by atoms with Gasteiger partial charge in [0.05, 0.1) is 5.75 Å². The van der Waals surface area contributed by atoms with Crippen molar-refractivity contribution in [1.82, 2.24) is 10.2 Å². The summed E-state index contributed by atoms with van der Waals surface area (Å²) in [5.41, 5.74) is 1.24. The minimum absolute atomic E-state index is 0.208. The van der Waals surface area contributed by atoms with Crippen molar-refractivity contribution >= 4 is 17.7 Å². The Hall–Kier alpha value is -1.00. The maximum atomic E-state index is 12.0. The van der Waals surface area contributed by atoms with E-state index in [4.69, 9.17) is 0 Å². The Labute approximate surface area is 126 Å². The van der Waals surface area contributed by atoms with Crippen LogP contribution in [0.3, 0.4) is 0 Å². The molecule has 2 rings (SSSR count). The number of amides is 1. The number of hydrogen-bond donors (Lipinski definition) is 1. The second-order valence-corrected chi connectivity index (χ2v) is 6.19. The van der Waals surface area contributed by atoms with Crippen LogP contribution in [0.15, 0.2) is 30.3 Å². The fourth-order valence-corrected chi connectivity index (χ4v) is 3.61.